The van der Waals surface area contributed by atoms with Gasteiger partial charge in [-0.25, -0.2) is 9.78 Å². The van der Waals surface area contributed by atoms with Gasteiger partial charge in [-0.1, -0.05) is 0 Å². The molecule has 0 aliphatic rings. The van der Waals surface area contributed by atoms with Gasteiger partial charge in [0.05, 0.1) is 5.69 Å². The van der Waals surface area contributed by atoms with Crippen molar-refractivity contribution in [1.82, 2.24) is 9.38 Å². The Balaban J connectivity index is 2.84. The number of aryl methyl sites for hydroxylation is 2. The molecule has 14 heavy (non-hydrogen) atoms. The lowest BCUT2D eigenvalue weighted by molar-refractivity contribution is 0.0688. The van der Waals surface area contributed by atoms with Crippen LogP contribution in [0, 0.1) is 13.8 Å². The van der Waals surface area contributed by atoms with Crippen LogP contribution in [0.25, 0.3) is 5.65 Å². The third-order valence-corrected chi connectivity index (χ3v) is 2.16. The van der Waals surface area contributed by atoms with E-state index >= 15 is 0 Å². The molecule has 0 aromatic carbocycles. The summed E-state index contributed by atoms with van der Waals surface area (Å²) in [4.78, 5) is 15.1. The van der Waals surface area contributed by atoms with E-state index < -0.39 is 5.97 Å². The van der Waals surface area contributed by atoms with Gasteiger partial charge in [0.2, 0.25) is 0 Å². The molecule has 0 radical (unpaired) electrons. The molecule has 0 fully saturated rings. The Morgan fingerprint density at radius 3 is 2.86 bits per heavy atom. The lowest BCUT2D eigenvalue weighted by Crippen LogP contribution is -2.03. The van der Waals surface area contributed by atoms with E-state index in [1.165, 1.54) is 0 Å². The Morgan fingerprint density at radius 1 is 1.50 bits per heavy atom. The highest BCUT2D eigenvalue weighted by molar-refractivity contribution is 5.88. The number of pyridine rings is 1. The summed E-state index contributed by atoms with van der Waals surface area (Å²) in [5, 5.41) is 8.96. The van der Waals surface area contributed by atoms with Gasteiger partial charge in [-0.15, -0.1) is 0 Å². The van der Waals surface area contributed by atoms with Crippen LogP contribution in [-0.4, -0.2) is 20.5 Å². The molecule has 0 spiro atoms. The molecule has 4 heteroatoms. The van der Waals surface area contributed by atoms with Gasteiger partial charge in [0.25, 0.3) is 0 Å². The van der Waals surface area contributed by atoms with Crippen molar-refractivity contribution in [2.75, 3.05) is 0 Å². The molecular weight excluding hydrogens is 180 g/mol. The molecule has 0 unspecified atom stereocenters. The van der Waals surface area contributed by atoms with Crippen molar-refractivity contribution in [1.29, 1.82) is 0 Å². The second kappa shape index (κ2) is 2.83. The highest BCUT2D eigenvalue weighted by Crippen LogP contribution is 2.13. The normalized spacial score (nSPS) is 10.7. The second-order valence-electron chi connectivity index (χ2n) is 3.28. The molecule has 0 atom stereocenters. The third kappa shape index (κ3) is 1.16. The maximum Gasteiger partial charge on any atom is 0.354 e. The zero-order valence-corrected chi connectivity index (χ0v) is 7.98. The number of hydrogen-bond acceptors (Lipinski definition) is 2. The van der Waals surface area contributed by atoms with Crippen LogP contribution >= 0.6 is 0 Å². The van der Waals surface area contributed by atoms with Crippen molar-refractivity contribution in [3.05, 3.63) is 35.3 Å². The standard InChI is InChI=1S/C10H10N2O2/c1-6-3-4-12-8(5-6)11-7(2)9(12)10(13)14/h3-5H,1-2H3,(H,13,14). The Bertz CT molecular complexity index is 514. The van der Waals surface area contributed by atoms with Crippen molar-refractivity contribution in [2.24, 2.45) is 0 Å². The zero-order chi connectivity index (χ0) is 10.3. The van der Waals surface area contributed by atoms with Gasteiger partial charge in [-0.05, 0) is 31.5 Å². The lowest BCUT2D eigenvalue weighted by atomic mass is 10.3. The Hall–Kier alpha value is -1.84. The number of aromatic nitrogens is 2. The van der Waals surface area contributed by atoms with Gasteiger partial charge in [-0.2, -0.15) is 0 Å². The SMILES string of the molecule is Cc1ccn2c(C(=O)O)c(C)nc2c1. The molecular formula is C10H10N2O2. The molecule has 0 aliphatic carbocycles. The van der Waals surface area contributed by atoms with E-state index in [4.69, 9.17) is 5.11 Å². The lowest BCUT2D eigenvalue weighted by Gasteiger charge is -1.97. The minimum absolute atomic E-state index is 0.236. The van der Waals surface area contributed by atoms with Gasteiger partial charge in [0.15, 0.2) is 5.69 Å². The topological polar surface area (TPSA) is 54.6 Å². The van der Waals surface area contributed by atoms with Crippen molar-refractivity contribution >= 4 is 11.6 Å². The molecule has 0 bridgehead atoms. The number of carboxylic acid groups (broad SMARTS) is 1. The maximum atomic E-state index is 10.9. The van der Waals surface area contributed by atoms with E-state index in [1.807, 2.05) is 19.1 Å². The average Bonchev–Trinajstić information content (AvgIpc) is 2.39. The van der Waals surface area contributed by atoms with Crippen molar-refractivity contribution in [3.8, 4) is 0 Å². The molecule has 72 valence electrons. The summed E-state index contributed by atoms with van der Waals surface area (Å²) in [6.07, 6.45) is 1.73. The summed E-state index contributed by atoms with van der Waals surface area (Å²) in [5.74, 6) is -0.946. The monoisotopic (exact) mass is 190 g/mol. The van der Waals surface area contributed by atoms with Crippen LogP contribution in [0.5, 0.6) is 0 Å². The summed E-state index contributed by atoms with van der Waals surface area (Å²) in [7, 11) is 0. The van der Waals surface area contributed by atoms with Crippen molar-refractivity contribution in [3.63, 3.8) is 0 Å². The summed E-state index contributed by atoms with van der Waals surface area (Å²) >= 11 is 0. The molecule has 2 heterocycles. The maximum absolute atomic E-state index is 10.9. The second-order valence-corrected chi connectivity index (χ2v) is 3.28. The third-order valence-electron chi connectivity index (χ3n) is 2.16. The number of aromatic carboxylic acids is 1. The van der Waals surface area contributed by atoms with Crippen LogP contribution in [0.3, 0.4) is 0 Å². The predicted octanol–water partition coefficient (Wildman–Crippen LogP) is 1.65. The Labute approximate surface area is 80.8 Å². The molecule has 2 aromatic heterocycles. The van der Waals surface area contributed by atoms with E-state index in [2.05, 4.69) is 4.98 Å². The van der Waals surface area contributed by atoms with Gasteiger partial charge in [0, 0.05) is 6.20 Å². The number of carboxylic acids is 1. The van der Waals surface area contributed by atoms with E-state index in [0.717, 1.165) is 5.56 Å². The van der Waals surface area contributed by atoms with E-state index in [-0.39, 0.29) is 5.69 Å². The predicted molar refractivity (Wildman–Crippen MR) is 51.6 cm³/mol. The van der Waals surface area contributed by atoms with Crippen LogP contribution in [0.15, 0.2) is 18.3 Å². The van der Waals surface area contributed by atoms with E-state index in [1.54, 1.807) is 17.5 Å². The largest absolute Gasteiger partial charge is 0.477 e. The van der Waals surface area contributed by atoms with Gasteiger partial charge >= 0.3 is 5.97 Å². The highest BCUT2D eigenvalue weighted by Gasteiger charge is 2.14. The fourth-order valence-corrected chi connectivity index (χ4v) is 1.52. The Morgan fingerprint density at radius 2 is 2.21 bits per heavy atom. The van der Waals surface area contributed by atoms with Crippen LogP contribution in [0.1, 0.15) is 21.7 Å². The molecule has 1 N–H and O–H groups in total. The molecule has 0 amide bonds. The number of hydrogen-bond donors (Lipinski definition) is 1. The first-order valence-electron chi connectivity index (χ1n) is 4.28. The van der Waals surface area contributed by atoms with Crippen LogP contribution in [0.2, 0.25) is 0 Å². The highest BCUT2D eigenvalue weighted by atomic mass is 16.4. The number of fused-ring (bicyclic) bond motifs is 1. The molecule has 0 aliphatic heterocycles. The summed E-state index contributed by atoms with van der Waals surface area (Å²) in [6.45, 7) is 3.65. The van der Waals surface area contributed by atoms with E-state index in [9.17, 15) is 4.79 Å². The number of rotatable bonds is 1. The van der Waals surface area contributed by atoms with Crippen LogP contribution < -0.4 is 0 Å². The minimum atomic E-state index is -0.946. The van der Waals surface area contributed by atoms with Gasteiger partial charge in [-0.3, -0.25) is 4.40 Å². The zero-order valence-electron chi connectivity index (χ0n) is 7.98. The number of nitrogens with zero attached hydrogens (tertiary/aromatic N) is 2. The molecule has 2 aromatic rings. The molecule has 2 rings (SSSR count). The smallest absolute Gasteiger partial charge is 0.354 e. The first-order valence-corrected chi connectivity index (χ1v) is 4.28. The van der Waals surface area contributed by atoms with Crippen LogP contribution in [-0.2, 0) is 0 Å². The van der Waals surface area contributed by atoms with Crippen molar-refractivity contribution in [2.45, 2.75) is 13.8 Å². The van der Waals surface area contributed by atoms with Gasteiger partial charge < -0.3 is 5.11 Å². The first-order chi connectivity index (χ1) is 6.59. The van der Waals surface area contributed by atoms with Crippen molar-refractivity contribution < 1.29 is 9.90 Å². The minimum Gasteiger partial charge on any atom is -0.477 e. The number of imidazole rings is 1. The summed E-state index contributed by atoms with van der Waals surface area (Å²) < 4.78 is 1.59. The van der Waals surface area contributed by atoms with Gasteiger partial charge in [0.1, 0.15) is 5.65 Å². The Kier molecular flexibility index (Phi) is 1.77. The molecule has 0 saturated carbocycles. The summed E-state index contributed by atoms with van der Waals surface area (Å²) in [6, 6.07) is 3.72. The molecule has 4 nitrogen and oxygen atoms in total. The molecule has 0 saturated heterocycles. The van der Waals surface area contributed by atoms with Crippen LogP contribution in [0.4, 0.5) is 0 Å². The fourth-order valence-electron chi connectivity index (χ4n) is 1.52. The summed E-state index contributed by atoms with van der Waals surface area (Å²) in [5.41, 5.74) is 2.53. The quantitative estimate of drug-likeness (QED) is 0.743. The van der Waals surface area contributed by atoms with E-state index in [0.29, 0.717) is 11.3 Å². The first kappa shape index (κ1) is 8.74. The number of carbonyl (C=O) groups is 1. The average molecular weight is 190 g/mol. The fraction of sp³-hybridized carbons (Fsp3) is 0.200.